The van der Waals surface area contributed by atoms with E-state index in [4.69, 9.17) is 4.74 Å². The smallest absolute Gasteiger partial charge is 0.404 e. The molecule has 2 aliphatic heterocycles. The van der Waals surface area contributed by atoms with E-state index in [1.807, 2.05) is 9.80 Å². The average Bonchev–Trinajstić information content (AvgIpc) is 3.64. The molecule has 2 N–H and O–H groups in total. The molecule has 2 aromatic carbocycles. The number of fused-ring (bicyclic) bond motifs is 1. The van der Waals surface area contributed by atoms with Crippen LogP contribution >= 0.6 is 0 Å². The second-order valence-electron chi connectivity index (χ2n) is 10.3. The lowest BCUT2D eigenvalue weighted by Crippen LogP contribution is -2.51. The van der Waals surface area contributed by atoms with Gasteiger partial charge in [0.25, 0.3) is 5.56 Å². The zero-order valence-corrected chi connectivity index (χ0v) is 21.5. The van der Waals surface area contributed by atoms with E-state index in [1.165, 1.54) is 23.0 Å². The first-order valence-electron chi connectivity index (χ1n) is 13.1. The van der Waals surface area contributed by atoms with Crippen LogP contribution in [0.25, 0.3) is 16.6 Å². The number of β-amino-alcohol motifs (C(OH)–C–C–N with tert-alkyl or cyclic N) is 1. The highest BCUT2D eigenvalue weighted by Gasteiger charge is 2.54. The molecule has 0 spiro atoms. The third-order valence-electron chi connectivity index (χ3n) is 7.75. The lowest BCUT2D eigenvalue weighted by Gasteiger charge is -2.34. The number of carbonyl (C=O) groups is 1. The number of halogens is 3. The fraction of sp³-hybridized carbons (Fsp3) is 0.444. The van der Waals surface area contributed by atoms with Crippen molar-refractivity contribution in [2.24, 2.45) is 0 Å². The summed E-state index contributed by atoms with van der Waals surface area (Å²) >= 11 is 0. The Morgan fingerprint density at radius 2 is 1.85 bits per heavy atom. The predicted octanol–water partition coefficient (Wildman–Crippen LogP) is 2.66. The number of rotatable bonds is 6. The van der Waals surface area contributed by atoms with Gasteiger partial charge in [-0.15, -0.1) is 13.2 Å². The Morgan fingerprint density at radius 1 is 1.10 bits per heavy atom. The number of aliphatic hydroxyl groups excluding tert-OH is 1. The molecule has 0 radical (unpaired) electrons. The number of amides is 1. The summed E-state index contributed by atoms with van der Waals surface area (Å²) in [4.78, 5) is 35.1. The Morgan fingerprint density at radius 3 is 2.52 bits per heavy atom. The summed E-state index contributed by atoms with van der Waals surface area (Å²) < 4.78 is 50.3. The summed E-state index contributed by atoms with van der Waals surface area (Å²) in [5.41, 5.74) is 0.0708. The Labute approximate surface area is 226 Å². The van der Waals surface area contributed by atoms with Gasteiger partial charge < -0.3 is 24.8 Å². The van der Waals surface area contributed by atoms with Crippen LogP contribution in [0.15, 0.2) is 47.5 Å². The molecular formula is C27H28F3N5O5. The maximum Gasteiger partial charge on any atom is 0.573 e. The highest BCUT2D eigenvalue weighted by molar-refractivity contribution is 6.01. The van der Waals surface area contributed by atoms with Crippen LogP contribution < -0.4 is 20.5 Å². The van der Waals surface area contributed by atoms with Crippen LogP contribution in [-0.4, -0.2) is 82.9 Å². The topological polar surface area (TPSA) is 109 Å². The summed E-state index contributed by atoms with van der Waals surface area (Å²) in [6.45, 7) is 3.25. The van der Waals surface area contributed by atoms with Crippen molar-refractivity contribution in [2.75, 3.05) is 49.6 Å². The predicted molar refractivity (Wildman–Crippen MR) is 140 cm³/mol. The van der Waals surface area contributed by atoms with Crippen molar-refractivity contribution in [1.29, 1.82) is 0 Å². The molecule has 2 saturated heterocycles. The minimum absolute atomic E-state index is 0.200. The van der Waals surface area contributed by atoms with Gasteiger partial charge in [0.05, 0.1) is 41.6 Å². The Kier molecular flexibility index (Phi) is 6.67. The number of nitrogens with zero attached hydrogens (tertiary/aromatic N) is 4. The third kappa shape index (κ3) is 5.11. The highest BCUT2D eigenvalue weighted by atomic mass is 19.4. The summed E-state index contributed by atoms with van der Waals surface area (Å²) in [5.74, 6) is -1.01. The second-order valence-corrected chi connectivity index (χ2v) is 10.3. The lowest BCUT2D eigenvalue weighted by molar-refractivity contribution is -0.274. The molecule has 6 rings (SSSR count). The summed E-state index contributed by atoms with van der Waals surface area (Å²) in [6.07, 6.45) is -2.25. The molecule has 10 nitrogen and oxygen atoms in total. The Balaban J connectivity index is 1.32. The van der Waals surface area contributed by atoms with Crippen molar-refractivity contribution in [3.8, 4) is 11.4 Å². The number of anilines is 2. The minimum Gasteiger partial charge on any atom is -0.404 e. The zero-order valence-electron chi connectivity index (χ0n) is 21.5. The van der Waals surface area contributed by atoms with E-state index >= 15 is 0 Å². The summed E-state index contributed by atoms with van der Waals surface area (Å²) in [7, 11) is 0. The molecule has 0 bridgehead atoms. The molecule has 40 heavy (non-hydrogen) atoms. The van der Waals surface area contributed by atoms with E-state index in [-0.39, 0.29) is 11.4 Å². The number of hydrogen-bond donors (Lipinski definition) is 2. The van der Waals surface area contributed by atoms with Crippen molar-refractivity contribution >= 4 is 28.2 Å². The largest absolute Gasteiger partial charge is 0.573 e. The number of aromatic nitrogens is 2. The molecule has 13 heteroatoms. The van der Waals surface area contributed by atoms with Crippen molar-refractivity contribution in [1.82, 2.24) is 14.5 Å². The van der Waals surface area contributed by atoms with E-state index in [1.54, 1.807) is 18.2 Å². The molecule has 1 atom stereocenters. The highest BCUT2D eigenvalue weighted by Crippen LogP contribution is 2.44. The molecule has 1 aromatic heterocycles. The number of aliphatic hydroxyl groups is 1. The first kappa shape index (κ1) is 26.5. The van der Waals surface area contributed by atoms with Crippen LogP contribution in [0, 0.1) is 0 Å². The van der Waals surface area contributed by atoms with Gasteiger partial charge in [0.1, 0.15) is 11.9 Å². The molecule has 212 valence electrons. The molecule has 3 aromatic rings. The van der Waals surface area contributed by atoms with Gasteiger partial charge in [0.2, 0.25) is 5.91 Å². The minimum atomic E-state index is -4.98. The van der Waals surface area contributed by atoms with E-state index < -0.39 is 35.2 Å². The number of hydrogen-bond acceptors (Lipinski definition) is 8. The van der Waals surface area contributed by atoms with Crippen molar-refractivity contribution in [2.45, 2.75) is 37.3 Å². The molecule has 1 aliphatic carbocycles. The van der Waals surface area contributed by atoms with Gasteiger partial charge in [-0.2, -0.15) is 0 Å². The van der Waals surface area contributed by atoms with Crippen molar-refractivity contribution in [3.05, 3.63) is 53.1 Å². The second kappa shape index (κ2) is 10.1. The molecule has 1 unspecified atom stereocenters. The Hall–Kier alpha value is -3.68. The van der Waals surface area contributed by atoms with E-state index in [0.717, 1.165) is 11.8 Å². The Bertz CT molecular complexity index is 1500. The maximum absolute atomic E-state index is 13.4. The SMILES string of the molecule is O=C(Nc1cc(-n2cnc3cc(N4CCC(O)C4)ccc3c2=O)ccc1OC(F)(F)F)C1(N2CCOCC2)CC1. The molecule has 1 amide bonds. The zero-order chi connectivity index (χ0) is 28.1. The number of nitrogens with one attached hydrogen (secondary N) is 1. The summed E-state index contributed by atoms with van der Waals surface area (Å²) in [6, 6.07) is 8.85. The van der Waals surface area contributed by atoms with Crippen molar-refractivity contribution in [3.63, 3.8) is 0 Å². The molecule has 3 aliphatic rings. The number of morpholine rings is 1. The quantitative estimate of drug-likeness (QED) is 0.475. The van der Waals surface area contributed by atoms with Crippen LogP contribution in [0.2, 0.25) is 0 Å². The molecule has 3 heterocycles. The molecular weight excluding hydrogens is 531 g/mol. The van der Waals surface area contributed by atoms with E-state index in [0.29, 0.717) is 69.6 Å². The third-order valence-corrected chi connectivity index (χ3v) is 7.75. The first-order valence-corrected chi connectivity index (χ1v) is 13.1. The normalized spacial score (nSPS) is 21.0. The van der Waals surface area contributed by atoms with Crippen LogP contribution in [0.1, 0.15) is 19.3 Å². The number of ether oxygens (including phenoxy) is 2. The van der Waals surface area contributed by atoms with Gasteiger partial charge in [-0.25, -0.2) is 4.98 Å². The average molecular weight is 560 g/mol. The van der Waals surface area contributed by atoms with Gasteiger partial charge in [-0.1, -0.05) is 0 Å². The van der Waals surface area contributed by atoms with Crippen molar-refractivity contribution < 1.29 is 32.5 Å². The van der Waals surface area contributed by atoms with Gasteiger partial charge in [-0.05, 0) is 55.7 Å². The van der Waals surface area contributed by atoms with Gasteiger partial charge in [0.15, 0.2) is 5.75 Å². The van der Waals surface area contributed by atoms with Gasteiger partial charge >= 0.3 is 6.36 Å². The summed E-state index contributed by atoms with van der Waals surface area (Å²) in [5, 5.41) is 12.8. The van der Waals surface area contributed by atoms with E-state index in [2.05, 4.69) is 15.0 Å². The monoisotopic (exact) mass is 559 g/mol. The standard InChI is InChI=1S/C27H28F3N5O5/c28-27(29,30)40-23-4-2-18(14-22(23)32-25(38)26(6-7-26)34-9-11-39-12-10-34)35-16-31-21-13-17(1-3-20(21)24(35)37)33-8-5-19(36)15-33/h1-4,13-14,16,19,36H,5-12,15H2,(H,32,38). The van der Waals surface area contributed by atoms with E-state index in [9.17, 15) is 27.9 Å². The lowest BCUT2D eigenvalue weighted by atomic mass is 10.1. The number of benzene rings is 2. The molecule has 1 saturated carbocycles. The van der Waals surface area contributed by atoms with Gasteiger partial charge in [-0.3, -0.25) is 19.1 Å². The maximum atomic E-state index is 13.4. The first-order chi connectivity index (χ1) is 19.1. The fourth-order valence-electron chi connectivity index (χ4n) is 5.48. The van der Waals surface area contributed by atoms with Crippen LogP contribution in [0.5, 0.6) is 5.75 Å². The van der Waals surface area contributed by atoms with Crippen LogP contribution in [0.3, 0.4) is 0 Å². The molecule has 3 fully saturated rings. The number of carbonyl (C=O) groups excluding carboxylic acids is 1. The number of alkyl halides is 3. The van der Waals surface area contributed by atoms with Gasteiger partial charge in [0, 0.05) is 31.9 Å². The fourth-order valence-corrected chi connectivity index (χ4v) is 5.48. The van der Waals surface area contributed by atoms with Crippen LogP contribution in [0.4, 0.5) is 24.5 Å². The van der Waals surface area contributed by atoms with Crippen LogP contribution in [-0.2, 0) is 9.53 Å².